The van der Waals surface area contributed by atoms with Crippen molar-refractivity contribution in [2.24, 2.45) is 23.5 Å². The zero-order chi connectivity index (χ0) is 11.7. The summed E-state index contributed by atoms with van der Waals surface area (Å²) in [5, 5.41) is 0. The summed E-state index contributed by atoms with van der Waals surface area (Å²) in [7, 11) is 0. The van der Waals surface area contributed by atoms with E-state index in [9.17, 15) is 4.79 Å². The van der Waals surface area contributed by atoms with Crippen LogP contribution in [-0.2, 0) is 4.79 Å². The number of hydrogen-bond acceptors (Lipinski definition) is 2. The normalized spacial score (nSPS) is 32.6. The number of likely N-dealkylation sites (tertiary alicyclic amines) is 1. The fourth-order valence-corrected chi connectivity index (χ4v) is 2.74. The van der Waals surface area contributed by atoms with Crippen LogP contribution in [0.5, 0.6) is 0 Å². The molecule has 2 fully saturated rings. The van der Waals surface area contributed by atoms with Gasteiger partial charge < -0.3 is 10.6 Å². The minimum Gasteiger partial charge on any atom is -0.339 e. The van der Waals surface area contributed by atoms with Gasteiger partial charge in [-0.1, -0.05) is 6.92 Å². The second-order valence-corrected chi connectivity index (χ2v) is 5.64. The van der Waals surface area contributed by atoms with E-state index in [0.29, 0.717) is 30.3 Å². The van der Waals surface area contributed by atoms with Crippen LogP contribution in [0.3, 0.4) is 0 Å². The van der Waals surface area contributed by atoms with E-state index in [1.54, 1.807) is 0 Å². The monoisotopic (exact) mass is 224 g/mol. The Kier molecular flexibility index (Phi) is 3.53. The highest BCUT2D eigenvalue weighted by Gasteiger charge is 2.37. The quantitative estimate of drug-likeness (QED) is 0.792. The predicted octanol–water partition coefficient (Wildman–Crippen LogP) is 1.62. The lowest BCUT2D eigenvalue weighted by Crippen LogP contribution is -2.49. The predicted molar refractivity (Wildman–Crippen MR) is 64.8 cm³/mol. The molecule has 3 nitrogen and oxygen atoms in total. The van der Waals surface area contributed by atoms with Crippen LogP contribution in [0.2, 0.25) is 0 Å². The van der Waals surface area contributed by atoms with Crippen molar-refractivity contribution in [3.05, 3.63) is 0 Å². The number of nitrogens with two attached hydrogens (primary N) is 1. The van der Waals surface area contributed by atoms with Crippen molar-refractivity contribution >= 4 is 5.91 Å². The number of piperidine rings is 1. The van der Waals surface area contributed by atoms with Crippen LogP contribution >= 0.6 is 0 Å². The van der Waals surface area contributed by atoms with Gasteiger partial charge in [0.2, 0.25) is 5.91 Å². The highest BCUT2D eigenvalue weighted by atomic mass is 16.2. The number of nitrogens with zero attached hydrogens (tertiary/aromatic N) is 1. The maximum atomic E-state index is 12.3. The average Bonchev–Trinajstić information content (AvgIpc) is 3.12. The summed E-state index contributed by atoms with van der Waals surface area (Å²) in [6, 6.07) is 0.413. The molecule has 1 heterocycles. The molecule has 0 radical (unpaired) electrons. The van der Waals surface area contributed by atoms with Crippen LogP contribution in [0, 0.1) is 17.8 Å². The Labute approximate surface area is 98.4 Å². The molecule has 92 valence electrons. The smallest absolute Gasteiger partial charge is 0.225 e. The number of carbonyl (C=O) groups excluding carboxylic acids is 1. The number of hydrogen-bond donors (Lipinski definition) is 1. The second-order valence-electron chi connectivity index (χ2n) is 5.64. The van der Waals surface area contributed by atoms with Crippen LogP contribution in [0.1, 0.15) is 39.5 Å². The molecule has 1 amide bonds. The molecule has 3 atom stereocenters. The maximum Gasteiger partial charge on any atom is 0.225 e. The van der Waals surface area contributed by atoms with Gasteiger partial charge in [0.05, 0.1) is 0 Å². The summed E-state index contributed by atoms with van der Waals surface area (Å²) in [6.45, 7) is 5.87. The zero-order valence-electron chi connectivity index (χ0n) is 10.5. The fourth-order valence-electron chi connectivity index (χ4n) is 2.74. The molecule has 0 bridgehead atoms. The molecule has 2 N–H and O–H groups in total. The van der Waals surface area contributed by atoms with Crippen molar-refractivity contribution in [3.63, 3.8) is 0 Å². The molecular weight excluding hydrogens is 200 g/mol. The Morgan fingerprint density at radius 2 is 2.06 bits per heavy atom. The molecule has 0 spiro atoms. The average molecular weight is 224 g/mol. The van der Waals surface area contributed by atoms with E-state index < -0.39 is 0 Å². The molecule has 3 unspecified atom stereocenters. The first-order valence-electron chi connectivity index (χ1n) is 6.64. The van der Waals surface area contributed by atoms with E-state index in [1.807, 2.05) is 0 Å². The number of carbonyl (C=O) groups is 1. The van der Waals surface area contributed by atoms with Crippen LogP contribution in [0.25, 0.3) is 0 Å². The minimum absolute atomic E-state index is 0.235. The lowest BCUT2D eigenvalue weighted by atomic mass is 9.91. The summed E-state index contributed by atoms with van der Waals surface area (Å²) >= 11 is 0. The zero-order valence-corrected chi connectivity index (χ0v) is 10.5. The molecule has 1 saturated carbocycles. The minimum atomic E-state index is 0.235. The first-order chi connectivity index (χ1) is 7.63. The summed E-state index contributed by atoms with van der Waals surface area (Å²) in [5.41, 5.74) is 5.72. The van der Waals surface area contributed by atoms with E-state index in [2.05, 4.69) is 18.7 Å². The molecular formula is C13H24N2O. The third-order valence-corrected chi connectivity index (χ3v) is 4.31. The summed E-state index contributed by atoms with van der Waals surface area (Å²) in [5.74, 6) is 1.79. The van der Waals surface area contributed by atoms with E-state index in [4.69, 9.17) is 5.73 Å². The van der Waals surface area contributed by atoms with Crippen molar-refractivity contribution < 1.29 is 4.79 Å². The first kappa shape index (κ1) is 11.9. The van der Waals surface area contributed by atoms with Gasteiger partial charge in [-0.3, -0.25) is 4.79 Å². The molecule has 0 aromatic carbocycles. The van der Waals surface area contributed by atoms with Crippen molar-refractivity contribution in [1.82, 2.24) is 4.90 Å². The molecule has 0 aromatic rings. The van der Waals surface area contributed by atoms with Crippen LogP contribution in [0.15, 0.2) is 0 Å². The van der Waals surface area contributed by atoms with Crippen molar-refractivity contribution in [3.8, 4) is 0 Å². The van der Waals surface area contributed by atoms with Crippen molar-refractivity contribution in [2.75, 3.05) is 13.1 Å². The largest absolute Gasteiger partial charge is 0.339 e. The third kappa shape index (κ3) is 2.40. The fraction of sp³-hybridized carbons (Fsp3) is 0.923. The van der Waals surface area contributed by atoms with Crippen molar-refractivity contribution in [2.45, 2.75) is 45.6 Å². The summed E-state index contributed by atoms with van der Waals surface area (Å²) < 4.78 is 0. The Bertz CT molecular complexity index is 263. The summed E-state index contributed by atoms with van der Waals surface area (Å²) in [4.78, 5) is 14.4. The standard InChI is InChI=1S/C13H24N2O/c1-9-3-4-11(7-14)8-15(9)13(16)10(2)12-5-6-12/h9-12H,3-8,14H2,1-2H3. The topological polar surface area (TPSA) is 46.3 Å². The molecule has 2 aliphatic rings. The first-order valence-corrected chi connectivity index (χ1v) is 6.64. The van der Waals surface area contributed by atoms with E-state index in [1.165, 1.54) is 19.3 Å². The highest BCUT2D eigenvalue weighted by molar-refractivity contribution is 5.79. The van der Waals surface area contributed by atoms with E-state index in [-0.39, 0.29) is 5.92 Å². The van der Waals surface area contributed by atoms with Gasteiger partial charge in [0.25, 0.3) is 0 Å². The second kappa shape index (κ2) is 4.74. The molecule has 1 saturated heterocycles. The van der Waals surface area contributed by atoms with Gasteiger partial charge in [0.1, 0.15) is 0 Å². The molecule has 1 aliphatic carbocycles. The van der Waals surface area contributed by atoms with Gasteiger partial charge in [0, 0.05) is 18.5 Å². The van der Waals surface area contributed by atoms with Gasteiger partial charge in [-0.05, 0) is 51.0 Å². The molecule has 2 rings (SSSR count). The Morgan fingerprint density at radius 3 is 2.62 bits per heavy atom. The Morgan fingerprint density at radius 1 is 1.38 bits per heavy atom. The number of rotatable bonds is 3. The highest BCUT2D eigenvalue weighted by Crippen LogP contribution is 2.38. The van der Waals surface area contributed by atoms with Gasteiger partial charge in [-0.15, -0.1) is 0 Å². The lowest BCUT2D eigenvalue weighted by Gasteiger charge is -2.39. The molecule has 1 aliphatic heterocycles. The third-order valence-electron chi connectivity index (χ3n) is 4.31. The number of amides is 1. The molecule has 16 heavy (non-hydrogen) atoms. The summed E-state index contributed by atoms with van der Waals surface area (Å²) in [6.07, 6.45) is 4.79. The van der Waals surface area contributed by atoms with Crippen LogP contribution < -0.4 is 5.73 Å². The van der Waals surface area contributed by atoms with Crippen LogP contribution in [0.4, 0.5) is 0 Å². The van der Waals surface area contributed by atoms with Gasteiger partial charge in [-0.25, -0.2) is 0 Å². The van der Waals surface area contributed by atoms with Crippen LogP contribution in [-0.4, -0.2) is 29.9 Å². The van der Waals surface area contributed by atoms with Crippen molar-refractivity contribution in [1.29, 1.82) is 0 Å². The molecule has 3 heteroatoms. The lowest BCUT2D eigenvalue weighted by molar-refractivity contribution is -0.140. The van der Waals surface area contributed by atoms with Gasteiger partial charge in [0.15, 0.2) is 0 Å². The van der Waals surface area contributed by atoms with E-state index in [0.717, 1.165) is 13.0 Å². The molecule has 0 aromatic heterocycles. The maximum absolute atomic E-state index is 12.3. The SMILES string of the molecule is CC(C(=O)N1CC(CN)CCC1C)C1CC1. The Balaban J connectivity index is 1.96. The van der Waals surface area contributed by atoms with Gasteiger partial charge in [-0.2, -0.15) is 0 Å². The van der Waals surface area contributed by atoms with Gasteiger partial charge >= 0.3 is 0 Å². The van der Waals surface area contributed by atoms with E-state index >= 15 is 0 Å². The Hall–Kier alpha value is -0.570.